The average Bonchev–Trinajstić information content (AvgIpc) is 2.79. The molecule has 7 heteroatoms. The molecule has 0 radical (unpaired) electrons. The molecule has 0 saturated heterocycles. The normalized spacial score (nSPS) is 13.2. The van der Waals surface area contributed by atoms with Gasteiger partial charge in [0.15, 0.2) is 5.78 Å². The fourth-order valence-electron chi connectivity index (χ4n) is 2.52. The van der Waals surface area contributed by atoms with Crippen molar-refractivity contribution in [2.45, 2.75) is 6.92 Å². The molecule has 23 heavy (non-hydrogen) atoms. The lowest BCUT2D eigenvalue weighted by atomic mass is 10.1. The van der Waals surface area contributed by atoms with Crippen molar-refractivity contribution in [3.05, 3.63) is 69.3 Å². The van der Waals surface area contributed by atoms with Gasteiger partial charge >= 0.3 is 0 Å². The van der Waals surface area contributed by atoms with E-state index in [-0.39, 0.29) is 22.6 Å². The lowest BCUT2D eigenvalue weighted by molar-refractivity contribution is -0.385. The van der Waals surface area contributed by atoms with E-state index < -0.39 is 22.4 Å². The quantitative estimate of drug-likeness (QED) is 0.375. The third-order valence-electron chi connectivity index (χ3n) is 3.60. The van der Waals surface area contributed by atoms with Crippen LogP contribution in [0.2, 0.25) is 0 Å². The van der Waals surface area contributed by atoms with Crippen LogP contribution in [0.4, 0.5) is 11.4 Å². The van der Waals surface area contributed by atoms with E-state index in [1.807, 2.05) is 0 Å². The molecule has 0 aromatic heterocycles. The summed E-state index contributed by atoms with van der Waals surface area (Å²) in [6, 6.07) is 9.93. The maximum Gasteiger partial charge on any atom is 0.283 e. The molecule has 114 valence electrons. The number of nitro groups is 1. The van der Waals surface area contributed by atoms with E-state index in [2.05, 4.69) is 0 Å². The van der Waals surface area contributed by atoms with Gasteiger partial charge in [-0.3, -0.25) is 24.5 Å². The number of benzene rings is 2. The number of carbonyl (C=O) groups excluding carboxylic acids is 3. The molecule has 0 bridgehead atoms. The summed E-state index contributed by atoms with van der Waals surface area (Å²) in [7, 11) is 0. The maximum atomic E-state index is 12.5. The summed E-state index contributed by atoms with van der Waals surface area (Å²) in [5.74, 6) is -1.62. The number of anilines is 1. The number of fused-ring (bicyclic) bond motifs is 1. The van der Waals surface area contributed by atoms with Crippen LogP contribution < -0.4 is 4.90 Å². The van der Waals surface area contributed by atoms with Crippen molar-refractivity contribution in [3.63, 3.8) is 0 Å². The van der Waals surface area contributed by atoms with Crippen molar-refractivity contribution in [1.29, 1.82) is 0 Å². The molecule has 0 saturated carbocycles. The van der Waals surface area contributed by atoms with Gasteiger partial charge in [0.2, 0.25) is 0 Å². The number of Topliss-reactive ketones (excluding diaryl/α,β-unsaturated/α-hetero) is 1. The van der Waals surface area contributed by atoms with Gasteiger partial charge in [-0.05, 0) is 25.1 Å². The number of imide groups is 1. The van der Waals surface area contributed by atoms with E-state index in [0.29, 0.717) is 5.56 Å². The molecular formula is C16H10N2O5. The summed E-state index contributed by atoms with van der Waals surface area (Å²) in [5, 5.41) is 11.1. The number of nitrogens with zero attached hydrogens (tertiary/aromatic N) is 2. The molecule has 1 aliphatic heterocycles. The molecule has 7 nitrogen and oxygen atoms in total. The topological polar surface area (TPSA) is 97.6 Å². The zero-order valence-electron chi connectivity index (χ0n) is 12.0. The zero-order valence-corrected chi connectivity index (χ0v) is 12.0. The molecule has 0 spiro atoms. The molecule has 1 heterocycles. The first-order valence-corrected chi connectivity index (χ1v) is 6.69. The Labute approximate surface area is 130 Å². The molecular weight excluding hydrogens is 300 g/mol. The lowest BCUT2D eigenvalue weighted by Crippen LogP contribution is -2.29. The van der Waals surface area contributed by atoms with Gasteiger partial charge in [0.25, 0.3) is 17.5 Å². The first kappa shape index (κ1) is 14.6. The highest BCUT2D eigenvalue weighted by Crippen LogP contribution is 2.34. The zero-order chi connectivity index (χ0) is 16.7. The Morgan fingerprint density at radius 3 is 2.43 bits per heavy atom. The second kappa shape index (κ2) is 5.13. The van der Waals surface area contributed by atoms with Crippen molar-refractivity contribution in [3.8, 4) is 0 Å². The summed E-state index contributed by atoms with van der Waals surface area (Å²) in [4.78, 5) is 47.7. The van der Waals surface area contributed by atoms with Crippen LogP contribution in [0, 0.1) is 10.1 Å². The number of hydrogen-bond acceptors (Lipinski definition) is 5. The summed E-state index contributed by atoms with van der Waals surface area (Å²) < 4.78 is 0. The van der Waals surface area contributed by atoms with Crippen molar-refractivity contribution >= 4 is 29.0 Å². The van der Waals surface area contributed by atoms with Gasteiger partial charge in [-0.2, -0.15) is 0 Å². The van der Waals surface area contributed by atoms with Gasteiger partial charge < -0.3 is 0 Å². The molecule has 3 rings (SSSR count). The van der Waals surface area contributed by atoms with Crippen molar-refractivity contribution in [2.24, 2.45) is 0 Å². The van der Waals surface area contributed by atoms with Crippen LogP contribution in [0.3, 0.4) is 0 Å². The SMILES string of the molecule is CC(=O)c1cccc(N2C(=O)c3cccc([N+](=O)[O-])c3C2=O)c1. The lowest BCUT2D eigenvalue weighted by Gasteiger charge is -2.14. The van der Waals surface area contributed by atoms with Crippen LogP contribution in [0.1, 0.15) is 38.0 Å². The second-order valence-corrected chi connectivity index (χ2v) is 5.01. The standard InChI is InChI=1S/C16H10N2O5/c1-9(19)10-4-2-5-11(8-10)17-15(20)12-6-3-7-13(18(22)23)14(12)16(17)21/h2-8H,1H3. The van der Waals surface area contributed by atoms with Crippen LogP contribution in [0.25, 0.3) is 0 Å². The summed E-state index contributed by atoms with van der Waals surface area (Å²) >= 11 is 0. The molecule has 2 amide bonds. The van der Waals surface area contributed by atoms with Crippen molar-refractivity contribution in [1.82, 2.24) is 0 Å². The smallest absolute Gasteiger partial charge is 0.283 e. The highest BCUT2D eigenvalue weighted by atomic mass is 16.6. The molecule has 0 atom stereocenters. The predicted octanol–water partition coefficient (Wildman–Crippen LogP) is 2.60. The van der Waals surface area contributed by atoms with Crippen LogP contribution >= 0.6 is 0 Å². The van der Waals surface area contributed by atoms with Crippen molar-refractivity contribution < 1.29 is 19.3 Å². The minimum Gasteiger partial charge on any atom is -0.295 e. The first-order chi connectivity index (χ1) is 10.9. The second-order valence-electron chi connectivity index (χ2n) is 5.01. The predicted molar refractivity (Wildman–Crippen MR) is 80.7 cm³/mol. The minimum atomic E-state index is -0.766. The molecule has 0 fully saturated rings. The van der Waals surface area contributed by atoms with E-state index in [4.69, 9.17) is 0 Å². The molecule has 0 N–H and O–H groups in total. The van der Waals surface area contributed by atoms with E-state index in [1.54, 1.807) is 12.1 Å². The summed E-state index contributed by atoms with van der Waals surface area (Å²) in [6.07, 6.45) is 0. The Balaban J connectivity index is 2.14. The van der Waals surface area contributed by atoms with Crippen LogP contribution in [0.15, 0.2) is 42.5 Å². The van der Waals surface area contributed by atoms with Gasteiger partial charge in [-0.25, -0.2) is 4.90 Å². The monoisotopic (exact) mass is 310 g/mol. The van der Waals surface area contributed by atoms with E-state index in [1.165, 1.54) is 37.3 Å². The molecule has 2 aromatic rings. The van der Waals surface area contributed by atoms with E-state index in [9.17, 15) is 24.5 Å². The van der Waals surface area contributed by atoms with Crippen LogP contribution in [-0.2, 0) is 0 Å². The number of hydrogen-bond donors (Lipinski definition) is 0. The number of nitro benzene ring substituents is 1. The maximum absolute atomic E-state index is 12.5. The summed E-state index contributed by atoms with van der Waals surface area (Å²) in [5.41, 5.74) is -0.106. The summed E-state index contributed by atoms with van der Waals surface area (Å²) in [6.45, 7) is 1.37. The Bertz CT molecular complexity index is 888. The average molecular weight is 310 g/mol. The highest BCUT2D eigenvalue weighted by molar-refractivity contribution is 6.35. The molecule has 0 unspecified atom stereocenters. The Kier molecular flexibility index (Phi) is 3.25. The van der Waals surface area contributed by atoms with E-state index in [0.717, 1.165) is 4.90 Å². The largest absolute Gasteiger partial charge is 0.295 e. The minimum absolute atomic E-state index is 0.0163. The molecule has 1 aliphatic rings. The van der Waals surface area contributed by atoms with E-state index >= 15 is 0 Å². The van der Waals surface area contributed by atoms with Gasteiger partial charge in [0.05, 0.1) is 16.2 Å². The molecule has 0 aliphatic carbocycles. The molecule has 2 aromatic carbocycles. The van der Waals surface area contributed by atoms with Crippen LogP contribution in [-0.4, -0.2) is 22.5 Å². The Hall–Kier alpha value is -3.35. The van der Waals surface area contributed by atoms with Gasteiger partial charge in [0, 0.05) is 11.6 Å². The highest BCUT2D eigenvalue weighted by Gasteiger charge is 2.41. The number of carbonyl (C=O) groups is 3. The van der Waals surface area contributed by atoms with Crippen LogP contribution in [0.5, 0.6) is 0 Å². The van der Waals surface area contributed by atoms with Crippen molar-refractivity contribution in [2.75, 3.05) is 4.90 Å². The van der Waals surface area contributed by atoms with Gasteiger partial charge in [-0.1, -0.05) is 18.2 Å². The number of rotatable bonds is 3. The third-order valence-corrected chi connectivity index (χ3v) is 3.60. The Morgan fingerprint density at radius 1 is 1.09 bits per heavy atom. The first-order valence-electron chi connectivity index (χ1n) is 6.69. The third kappa shape index (κ3) is 2.18. The fraction of sp³-hybridized carbons (Fsp3) is 0.0625. The number of ketones is 1. The number of amides is 2. The van der Waals surface area contributed by atoms with Gasteiger partial charge in [-0.15, -0.1) is 0 Å². The fourth-order valence-corrected chi connectivity index (χ4v) is 2.52. The Morgan fingerprint density at radius 2 is 1.78 bits per heavy atom. The van der Waals surface area contributed by atoms with Gasteiger partial charge in [0.1, 0.15) is 5.56 Å².